The number of nitrogens with zero attached hydrogens (tertiary/aromatic N) is 3. The molecular weight excluding hydrogens is 376 g/mol. The Balaban J connectivity index is 1.36. The van der Waals surface area contributed by atoms with E-state index in [1.165, 1.54) is 31.2 Å². The van der Waals surface area contributed by atoms with Crippen molar-refractivity contribution in [1.82, 2.24) is 25.7 Å². The zero-order valence-corrected chi connectivity index (χ0v) is 17.9. The molecule has 162 valence electrons. The highest BCUT2D eigenvalue weighted by Gasteiger charge is 2.17. The Kier molecular flexibility index (Phi) is 8.75. The van der Waals surface area contributed by atoms with Gasteiger partial charge in [0.1, 0.15) is 0 Å². The number of hydrogen-bond donors (Lipinski definition) is 3. The van der Waals surface area contributed by atoms with Crippen LogP contribution in [0.25, 0.3) is 5.69 Å². The zero-order valence-electron chi connectivity index (χ0n) is 17.9. The van der Waals surface area contributed by atoms with E-state index in [0.29, 0.717) is 32.0 Å². The normalized spacial score (nSPS) is 14.6. The molecule has 1 amide bonds. The van der Waals surface area contributed by atoms with Crippen molar-refractivity contribution in [3.8, 4) is 5.69 Å². The van der Waals surface area contributed by atoms with Crippen molar-refractivity contribution in [3.63, 3.8) is 0 Å². The molecule has 7 nitrogen and oxygen atoms in total. The highest BCUT2D eigenvalue weighted by Crippen LogP contribution is 2.27. The van der Waals surface area contributed by atoms with Gasteiger partial charge in [0.2, 0.25) is 5.91 Å². The Hall–Kier alpha value is -2.83. The van der Waals surface area contributed by atoms with E-state index in [0.717, 1.165) is 24.6 Å². The van der Waals surface area contributed by atoms with E-state index in [4.69, 9.17) is 0 Å². The molecule has 1 fully saturated rings. The average molecular weight is 411 g/mol. The van der Waals surface area contributed by atoms with Crippen LogP contribution in [0.4, 0.5) is 0 Å². The molecule has 1 aromatic carbocycles. The standard InChI is InChI=1S/C23H34N6O/c1-2-24-23(27-16-15-25-22(30)18-20-6-3-4-7-20)26-14-12-19-8-10-21(11-9-19)29-17-5-13-28-29/h5,8-11,13,17,20H,2-4,6-7,12,14-16,18H2,1H3,(H,25,30)(H2,24,26,27). The first-order valence-corrected chi connectivity index (χ1v) is 11.1. The Bertz CT molecular complexity index is 779. The van der Waals surface area contributed by atoms with Crippen LogP contribution in [-0.4, -0.2) is 47.8 Å². The van der Waals surface area contributed by atoms with Gasteiger partial charge in [-0.05, 0) is 55.9 Å². The first kappa shape index (κ1) is 21.9. The Morgan fingerprint density at radius 3 is 2.60 bits per heavy atom. The van der Waals surface area contributed by atoms with Gasteiger partial charge in [-0.15, -0.1) is 0 Å². The van der Waals surface area contributed by atoms with Crippen LogP contribution in [0, 0.1) is 5.92 Å². The number of carbonyl (C=O) groups is 1. The van der Waals surface area contributed by atoms with E-state index in [-0.39, 0.29) is 5.91 Å². The smallest absolute Gasteiger partial charge is 0.220 e. The van der Waals surface area contributed by atoms with Gasteiger partial charge >= 0.3 is 0 Å². The number of rotatable bonds is 10. The molecule has 1 aromatic heterocycles. The minimum atomic E-state index is 0.171. The second-order valence-corrected chi connectivity index (χ2v) is 7.76. The Morgan fingerprint density at radius 1 is 1.13 bits per heavy atom. The summed E-state index contributed by atoms with van der Waals surface area (Å²) < 4.78 is 1.85. The lowest BCUT2D eigenvalue weighted by molar-refractivity contribution is -0.121. The van der Waals surface area contributed by atoms with Crippen LogP contribution in [-0.2, 0) is 11.2 Å². The van der Waals surface area contributed by atoms with E-state index in [9.17, 15) is 4.79 Å². The summed E-state index contributed by atoms with van der Waals surface area (Å²) in [6, 6.07) is 10.3. The molecule has 30 heavy (non-hydrogen) atoms. The van der Waals surface area contributed by atoms with Gasteiger partial charge < -0.3 is 16.0 Å². The Labute approximate surface area is 179 Å². The zero-order chi connectivity index (χ0) is 21.0. The summed E-state index contributed by atoms with van der Waals surface area (Å²) in [7, 11) is 0. The number of hydrogen-bond acceptors (Lipinski definition) is 3. The number of amides is 1. The third-order valence-electron chi connectivity index (χ3n) is 5.41. The molecular formula is C23H34N6O. The molecule has 1 aliphatic rings. The minimum absolute atomic E-state index is 0.171. The van der Waals surface area contributed by atoms with E-state index >= 15 is 0 Å². The highest BCUT2D eigenvalue weighted by molar-refractivity contribution is 5.80. The fourth-order valence-electron chi connectivity index (χ4n) is 3.81. The lowest BCUT2D eigenvalue weighted by atomic mass is 10.0. The maximum Gasteiger partial charge on any atom is 0.220 e. The second-order valence-electron chi connectivity index (χ2n) is 7.76. The molecule has 1 heterocycles. The third kappa shape index (κ3) is 7.21. The predicted molar refractivity (Wildman–Crippen MR) is 121 cm³/mol. The molecule has 1 saturated carbocycles. The van der Waals surface area contributed by atoms with Crippen LogP contribution in [0.2, 0.25) is 0 Å². The molecule has 0 bridgehead atoms. The summed E-state index contributed by atoms with van der Waals surface area (Å²) in [5, 5.41) is 13.8. The van der Waals surface area contributed by atoms with Gasteiger partial charge in [-0.1, -0.05) is 25.0 Å². The van der Waals surface area contributed by atoms with E-state index in [1.807, 2.05) is 16.9 Å². The van der Waals surface area contributed by atoms with Crippen molar-refractivity contribution in [2.75, 3.05) is 26.2 Å². The number of benzene rings is 1. The molecule has 0 atom stereocenters. The SMILES string of the molecule is CCNC(=NCCc1ccc(-n2cccn2)cc1)NCCNC(=O)CC1CCCC1. The number of aromatic nitrogens is 2. The largest absolute Gasteiger partial charge is 0.357 e. The van der Waals surface area contributed by atoms with E-state index in [2.05, 4.69) is 57.2 Å². The molecule has 0 radical (unpaired) electrons. The Morgan fingerprint density at radius 2 is 1.90 bits per heavy atom. The first-order chi connectivity index (χ1) is 14.7. The number of aliphatic imine (C=N–C) groups is 1. The van der Waals surface area contributed by atoms with Crippen LogP contribution in [0.15, 0.2) is 47.7 Å². The number of nitrogens with one attached hydrogen (secondary N) is 3. The molecule has 0 spiro atoms. The molecule has 2 aromatic rings. The van der Waals surface area contributed by atoms with Crippen LogP contribution >= 0.6 is 0 Å². The van der Waals surface area contributed by atoms with Gasteiger partial charge in [0.05, 0.1) is 5.69 Å². The maximum absolute atomic E-state index is 12.0. The summed E-state index contributed by atoms with van der Waals surface area (Å²) in [4.78, 5) is 16.7. The summed E-state index contributed by atoms with van der Waals surface area (Å²) in [5.41, 5.74) is 2.29. The summed E-state index contributed by atoms with van der Waals surface area (Å²) >= 11 is 0. The lowest BCUT2D eigenvalue weighted by Gasteiger charge is -2.13. The number of carbonyl (C=O) groups excluding carboxylic acids is 1. The summed E-state index contributed by atoms with van der Waals surface area (Å²) in [6.07, 6.45) is 10.2. The van der Waals surface area contributed by atoms with Crippen molar-refractivity contribution in [1.29, 1.82) is 0 Å². The molecule has 3 N–H and O–H groups in total. The number of guanidine groups is 1. The van der Waals surface area contributed by atoms with Crippen LogP contribution in [0.5, 0.6) is 0 Å². The van der Waals surface area contributed by atoms with Gasteiger partial charge in [-0.25, -0.2) is 4.68 Å². The van der Waals surface area contributed by atoms with E-state index < -0.39 is 0 Å². The monoisotopic (exact) mass is 410 g/mol. The molecule has 0 unspecified atom stereocenters. The molecule has 7 heteroatoms. The van der Waals surface area contributed by atoms with Gasteiger partial charge in [-0.2, -0.15) is 5.10 Å². The fourth-order valence-corrected chi connectivity index (χ4v) is 3.81. The summed E-state index contributed by atoms with van der Waals surface area (Å²) in [5.74, 6) is 1.55. The summed E-state index contributed by atoms with van der Waals surface area (Å²) in [6.45, 7) is 4.84. The average Bonchev–Trinajstić information content (AvgIpc) is 3.46. The van der Waals surface area contributed by atoms with Crippen LogP contribution in [0.1, 0.15) is 44.6 Å². The highest BCUT2D eigenvalue weighted by atomic mass is 16.1. The van der Waals surface area contributed by atoms with Crippen molar-refractivity contribution >= 4 is 11.9 Å². The van der Waals surface area contributed by atoms with Gasteiger partial charge in [0, 0.05) is 45.0 Å². The molecule has 3 rings (SSSR count). The van der Waals surface area contributed by atoms with Crippen molar-refractivity contribution in [2.45, 2.75) is 45.4 Å². The van der Waals surface area contributed by atoms with Gasteiger partial charge in [0.15, 0.2) is 5.96 Å². The van der Waals surface area contributed by atoms with Gasteiger partial charge in [-0.3, -0.25) is 9.79 Å². The minimum Gasteiger partial charge on any atom is -0.357 e. The maximum atomic E-state index is 12.0. The molecule has 1 aliphatic carbocycles. The van der Waals surface area contributed by atoms with E-state index in [1.54, 1.807) is 6.20 Å². The predicted octanol–water partition coefficient (Wildman–Crippen LogP) is 2.67. The lowest BCUT2D eigenvalue weighted by Crippen LogP contribution is -2.41. The van der Waals surface area contributed by atoms with Crippen molar-refractivity contribution in [3.05, 3.63) is 48.3 Å². The van der Waals surface area contributed by atoms with Crippen molar-refractivity contribution in [2.24, 2.45) is 10.9 Å². The third-order valence-corrected chi connectivity index (χ3v) is 5.41. The quantitative estimate of drug-likeness (QED) is 0.319. The first-order valence-electron chi connectivity index (χ1n) is 11.1. The molecule has 0 aliphatic heterocycles. The van der Waals surface area contributed by atoms with Gasteiger partial charge in [0.25, 0.3) is 0 Å². The second kappa shape index (κ2) is 12.0. The fraction of sp³-hybridized carbons (Fsp3) is 0.522. The topological polar surface area (TPSA) is 83.3 Å². The van der Waals surface area contributed by atoms with Crippen LogP contribution in [0.3, 0.4) is 0 Å². The molecule has 0 saturated heterocycles. The van der Waals surface area contributed by atoms with Crippen molar-refractivity contribution < 1.29 is 4.79 Å². The van der Waals surface area contributed by atoms with Crippen LogP contribution < -0.4 is 16.0 Å².